The summed E-state index contributed by atoms with van der Waals surface area (Å²) in [5, 5.41) is 35.4. The molecule has 0 spiro atoms. The monoisotopic (exact) mass is 907 g/mol. The van der Waals surface area contributed by atoms with Gasteiger partial charge in [0.05, 0.1) is 47.0 Å². The van der Waals surface area contributed by atoms with Gasteiger partial charge in [-0.05, 0) is 96.1 Å². The number of alkyl halides is 3. The molecular formula is C38H45F3IN9O6. The second-order valence-corrected chi connectivity index (χ2v) is 14.9. The van der Waals surface area contributed by atoms with E-state index < -0.39 is 36.2 Å². The summed E-state index contributed by atoms with van der Waals surface area (Å²) >= 11 is 2.25. The Morgan fingerprint density at radius 2 is 1.74 bits per heavy atom. The Kier molecular flexibility index (Phi) is 14.8. The standard InChI is InChI=1S/C38H45F3IN9O6/c39-38(40,41)33-19-44-20-34(47-33)46-30-23-56-32(36(53)35(30)52)22-51-15-13-50(14-16-51)21-25-3-8-29(49-48-25)37(54)45-12-1-17-55-26-4-6-27(7-5-26)57-31-9-2-24(10-11-43)18-28(31)42/h2-9,18-20,30,32,35-36,52-53H,1,10-17,21-23,43H2,(H,45,54)(H,46,47)/t30-,32+,35+,36-/m0/s1. The van der Waals surface area contributed by atoms with Crippen molar-refractivity contribution < 1.29 is 42.4 Å². The Bertz CT molecular complexity index is 1910. The number of amides is 1. The van der Waals surface area contributed by atoms with E-state index in [4.69, 9.17) is 19.9 Å². The van der Waals surface area contributed by atoms with Crippen LogP contribution in [0.15, 0.2) is 67.0 Å². The molecule has 4 atom stereocenters. The van der Waals surface area contributed by atoms with Crippen LogP contribution < -0.4 is 25.8 Å². The van der Waals surface area contributed by atoms with Crippen LogP contribution in [0.25, 0.3) is 0 Å². The van der Waals surface area contributed by atoms with Gasteiger partial charge < -0.3 is 40.8 Å². The number of piperazine rings is 1. The van der Waals surface area contributed by atoms with Crippen LogP contribution in [-0.4, -0.2) is 129 Å². The van der Waals surface area contributed by atoms with E-state index in [1.165, 1.54) is 5.56 Å². The molecule has 306 valence electrons. The Hall–Kier alpha value is -4.25. The highest BCUT2D eigenvalue weighted by Gasteiger charge is 2.40. The predicted molar refractivity (Wildman–Crippen MR) is 211 cm³/mol. The van der Waals surface area contributed by atoms with Gasteiger partial charge in [0, 0.05) is 45.8 Å². The number of rotatable bonds is 16. The third-order valence-electron chi connectivity index (χ3n) is 9.49. The molecule has 2 aliphatic heterocycles. The highest BCUT2D eigenvalue weighted by molar-refractivity contribution is 14.1. The van der Waals surface area contributed by atoms with E-state index in [1.54, 1.807) is 12.1 Å². The summed E-state index contributed by atoms with van der Waals surface area (Å²) in [7, 11) is 0. The van der Waals surface area contributed by atoms with Crippen molar-refractivity contribution in [3.05, 3.63) is 93.2 Å². The minimum absolute atomic E-state index is 0.0407. The fourth-order valence-corrected chi connectivity index (χ4v) is 7.04. The van der Waals surface area contributed by atoms with Gasteiger partial charge in [0.1, 0.15) is 35.3 Å². The van der Waals surface area contributed by atoms with Gasteiger partial charge in [0.15, 0.2) is 11.4 Å². The second kappa shape index (κ2) is 19.9. The number of aliphatic hydroxyl groups is 2. The normalized spacial score (nSPS) is 20.5. The van der Waals surface area contributed by atoms with E-state index in [9.17, 15) is 28.2 Å². The summed E-state index contributed by atoms with van der Waals surface area (Å²) < 4.78 is 57.7. The molecule has 2 saturated heterocycles. The fraction of sp³-hybridized carbons (Fsp3) is 0.447. The zero-order valence-corrected chi connectivity index (χ0v) is 33.1. The predicted octanol–water partition coefficient (Wildman–Crippen LogP) is 3.10. The van der Waals surface area contributed by atoms with Crippen molar-refractivity contribution in [2.75, 3.05) is 64.3 Å². The lowest BCUT2D eigenvalue weighted by molar-refractivity contribution is -0.148. The molecule has 15 nitrogen and oxygen atoms in total. The molecule has 2 aromatic carbocycles. The molecule has 0 saturated carbocycles. The SMILES string of the molecule is NCCc1ccc(Oc2ccc(OCCCNC(=O)c3ccc(CN4CCN(C[C@H]5OC[C@H](Nc6cncc(C(F)(F)F)n6)[C@@H](O)[C@H]5O)CC4)nn3)cc2)c(I)c1. The number of nitrogens with one attached hydrogen (secondary N) is 2. The summed E-state index contributed by atoms with van der Waals surface area (Å²) in [6, 6.07) is 16.0. The summed E-state index contributed by atoms with van der Waals surface area (Å²) in [5.74, 6) is 1.67. The maximum absolute atomic E-state index is 13.0. The molecule has 4 aromatic rings. The second-order valence-electron chi connectivity index (χ2n) is 13.7. The lowest BCUT2D eigenvalue weighted by Gasteiger charge is -2.41. The van der Waals surface area contributed by atoms with E-state index in [2.05, 4.69) is 69.3 Å². The molecule has 0 bridgehead atoms. The number of benzene rings is 2. The van der Waals surface area contributed by atoms with Crippen LogP contribution in [0.2, 0.25) is 0 Å². The van der Waals surface area contributed by atoms with E-state index in [1.807, 2.05) is 36.4 Å². The average Bonchev–Trinajstić information content (AvgIpc) is 3.20. The highest BCUT2D eigenvalue weighted by atomic mass is 127. The first-order valence-corrected chi connectivity index (χ1v) is 19.6. The molecule has 2 aromatic heterocycles. The number of nitrogens with two attached hydrogens (primary N) is 1. The lowest BCUT2D eigenvalue weighted by atomic mass is 9.97. The summed E-state index contributed by atoms with van der Waals surface area (Å²) in [6.07, 6.45) is -4.77. The first kappa shape index (κ1) is 42.4. The summed E-state index contributed by atoms with van der Waals surface area (Å²) in [4.78, 5) is 24.0. The van der Waals surface area contributed by atoms with Crippen molar-refractivity contribution in [3.8, 4) is 17.2 Å². The van der Waals surface area contributed by atoms with E-state index >= 15 is 0 Å². The zero-order valence-electron chi connectivity index (χ0n) is 30.9. The molecule has 6 rings (SSSR count). The Morgan fingerprint density at radius 3 is 2.44 bits per heavy atom. The smallest absolute Gasteiger partial charge is 0.434 e. The fourth-order valence-electron chi connectivity index (χ4n) is 6.35. The van der Waals surface area contributed by atoms with Crippen LogP contribution in [0.5, 0.6) is 17.2 Å². The van der Waals surface area contributed by atoms with Crippen molar-refractivity contribution in [2.45, 2.75) is 49.9 Å². The maximum atomic E-state index is 13.0. The topological polar surface area (TPSA) is 193 Å². The average molecular weight is 908 g/mol. The van der Waals surface area contributed by atoms with Gasteiger partial charge in [-0.2, -0.15) is 18.3 Å². The number of nitrogens with zero attached hydrogens (tertiary/aromatic N) is 6. The first-order valence-electron chi connectivity index (χ1n) is 18.5. The molecule has 19 heteroatoms. The van der Waals surface area contributed by atoms with Crippen LogP contribution in [-0.2, 0) is 23.9 Å². The van der Waals surface area contributed by atoms with Crippen molar-refractivity contribution in [1.82, 2.24) is 35.3 Å². The van der Waals surface area contributed by atoms with Gasteiger partial charge in [-0.1, -0.05) is 6.07 Å². The van der Waals surface area contributed by atoms with Gasteiger partial charge >= 0.3 is 6.18 Å². The van der Waals surface area contributed by atoms with Crippen molar-refractivity contribution >= 4 is 34.3 Å². The zero-order chi connectivity index (χ0) is 40.4. The molecule has 2 aliphatic rings. The minimum Gasteiger partial charge on any atom is -0.494 e. The van der Waals surface area contributed by atoms with Gasteiger partial charge in [-0.3, -0.25) is 19.6 Å². The van der Waals surface area contributed by atoms with E-state index in [0.717, 1.165) is 27.6 Å². The molecule has 1 amide bonds. The summed E-state index contributed by atoms with van der Waals surface area (Å²) in [5.41, 5.74) is 6.60. The largest absolute Gasteiger partial charge is 0.494 e. The number of aromatic nitrogens is 4. The first-order chi connectivity index (χ1) is 27.4. The minimum atomic E-state index is -4.66. The van der Waals surface area contributed by atoms with Crippen LogP contribution >= 0.6 is 22.6 Å². The van der Waals surface area contributed by atoms with Crippen LogP contribution in [0.4, 0.5) is 19.0 Å². The quantitative estimate of drug-likeness (QED) is 0.0814. The number of ether oxygens (including phenoxy) is 3. The van der Waals surface area contributed by atoms with Gasteiger partial charge in [-0.25, -0.2) is 4.98 Å². The molecule has 6 N–H and O–H groups in total. The Balaban J connectivity index is 0.849. The molecule has 0 radical (unpaired) electrons. The Labute approximate surface area is 341 Å². The molecule has 0 aliphatic carbocycles. The Morgan fingerprint density at radius 1 is 0.982 bits per heavy atom. The molecule has 4 heterocycles. The van der Waals surface area contributed by atoms with E-state index in [0.29, 0.717) is 83.1 Å². The number of carbonyl (C=O) groups is 1. The number of anilines is 1. The van der Waals surface area contributed by atoms with Crippen molar-refractivity contribution in [1.29, 1.82) is 0 Å². The molecule has 2 fully saturated rings. The molecule has 57 heavy (non-hydrogen) atoms. The van der Waals surface area contributed by atoms with Gasteiger partial charge in [0.25, 0.3) is 5.91 Å². The number of carbonyl (C=O) groups excluding carboxylic acids is 1. The maximum Gasteiger partial charge on any atom is 0.434 e. The number of hydrogen-bond acceptors (Lipinski definition) is 14. The third-order valence-corrected chi connectivity index (χ3v) is 10.3. The number of halogens is 4. The van der Waals surface area contributed by atoms with E-state index in [-0.39, 0.29) is 24.0 Å². The number of hydrogen-bond donors (Lipinski definition) is 5. The van der Waals surface area contributed by atoms with Crippen LogP contribution in [0.3, 0.4) is 0 Å². The van der Waals surface area contributed by atoms with Crippen LogP contribution in [0.1, 0.15) is 33.9 Å². The molecule has 0 unspecified atom stereocenters. The highest BCUT2D eigenvalue weighted by Crippen LogP contribution is 2.30. The van der Waals surface area contributed by atoms with Gasteiger partial charge in [-0.15, -0.1) is 5.10 Å². The summed E-state index contributed by atoms with van der Waals surface area (Å²) in [6.45, 7) is 5.04. The number of aliphatic hydroxyl groups excluding tert-OH is 2. The van der Waals surface area contributed by atoms with Crippen LogP contribution in [0, 0.1) is 3.57 Å². The molecular weight excluding hydrogens is 862 g/mol. The lowest BCUT2D eigenvalue weighted by Crippen LogP contribution is -2.59. The van der Waals surface area contributed by atoms with Gasteiger partial charge in [0.2, 0.25) is 0 Å². The van der Waals surface area contributed by atoms with Crippen molar-refractivity contribution in [3.63, 3.8) is 0 Å². The van der Waals surface area contributed by atoms with Crippen molar-refractivity contribution in [2.24, 2.45) is 5.73 Å². The third kappa shape index (κ3) is 12.1.